The first-order valence-corrected chi connectivity index (χ1v) is 12.2. The summed E-state index contributed by atoms with van der Waals surface area (Å²) in [4.78, 5) is 29.6. The zero-order valence-electron chi connectivity index (χ0n) is 17.2. The summed E-state index contributed by atoms with van der Waals surface area (Å²) in [5.74, 6) is 3.89. The van der Waals surface area contributed by atoms with Crippen LogP contribution in [0.15, 0.2) is 0 Å². The van der Waals surface area contributed by atoms with Crippen LogP contribution in [0.3, 0.4) is 0 Å². The highest BCUT2D eigenvalue weighted by atomic mass is 32.2. The van der Waals surface area contributed by atoms with E-state index in [1.165, 1.54) is 38.5 Å². The second-order valence-electron chi connectivity index (χ2n) is 10.4. The molecule has 0 aromatic carbocycles. The first-order chi connectivity index (χ1) is 12.9. The number of nitrogens with zero attached hydrogens (tertiary/aromatic N) is 2. The van der Waals surface area contributed by atoms with Crippen LogP contribution >= 0.6 is 11.8 Å². The van der Waals surface area contributed by atoms with Gasteiger partial charge in [-0.15, -0.1) is 0 Å². The van der Waals surface area contributed by atoms with Crippen molar-refractivity contribution in [3.8, 4) is 0 Å². The zero-order valence-corrected chi connectivity index (χ0v) is 18.0. The summed E-state index contributed by atoms with van der Waals surface area (Å²) in [6.07, 6.45) is 9.60. The van der Waals surface area contributed by atoms with E-state index in [0.29, 0.717) is 28.9 Å². The summed E-state index contributed by atoms with van der Waals surface area (Å²) >= 11 is 1.76. The lowest BCUT2D eigenvalue weighted by Gasteiger charge is -2.55. The summed E-state index contributed by atoms with van der Waals surface area (Å²) < 4.78 is 0. The number of amides is 2. The number of fused-ring (bicyclic) bond motifs is 2. The normalized spacial score (nSPS) is 31.6. The molecule has 2 heterocycles. The number of hydrogen-bond acceptors (Lipinski definition) is 3. The van der Waals surface area contributed by atoms with Crippen molar-refractivity contribution in [3.63, 3.8) is 0 Å². The largest absolute Gasteiger partial charge is 0.341 e. The third-order valence-electron chi connectivity index (χ3n) is 7.51. The molecule has 2 aliphatic heterocycles. The van der Waals surface area contributed by atoms with Crippen LogP contribution in [0.25, 0.3) is 0 Å². The van der Waals surface area contributed by atoms with E-state index in [9.17, 15) is 9.59 Å². The molecule has 0 radical (unpaired) electrons. The van der Waals surface area contributed by atoms with E-state index >= 15 is 0 Å². The predicted octanol–water partition coefficient (Wildman–Crippen LogP) is 3.80. The molecule has 4 fully saturated rings. The van der Waals surface area contributed by atoms with E-state index in [4.69, 9.17) is 0 Å². The molecule has 2 amide bonds. The van der Waals surface area contributed by atoms with Gasteiger partial charge < -0.3 is 9.80 Å². The molecule has 4 rings (SSSR count). The molecule has 0 unspecified atom stereocenters. The smallest absolute Gasteiger partial charge is 0.232 e. The number of piperidine rings is 1. The number of carbonyl (C=O) groups is 2. The van der Waals surface area contributed by atoms with E-state index in [0.717, 1.165) is 50.7 Å². The topological polar surface area (TPSA) is 40.6 Å². The number of likely N-dealkylation sites (tertiary alicyclic amines) is 2. The van der Waals surface area contributed by atoms with Gasteiger partial charge >= 0.3 is 0 Å². The van der Waals surface area contributed by atoms with Crippen molar-refractivity contribution in [3.05, 3.63) is 0 Å². The van der Waals surface area contributed by atoms with Gasteiger partial charge in [0.05, 0.1) is 5.75 Å². The van der Waals surface area contributed by atoms with Gasteiger partial charge in [-0.2, -0.15) is 11.8 Å². The molecule has 1 spiro atoms. The third-order valence-corrected chi connectivity index (χ3v) is 8.86. The van der Waals surface area contributed by atoms with Crippen molar-refractivity contribution in [2.45, 2.75) is 65.2 Å². The monoisotopic (exact) mass is 392 g/mol. The summed E-state index contributed by atoms with van der Waals surface area (Å²) in [7, 11) is 0. The quantitative estimate of drug-likeness (QED) is 0.690. The molecule has 4 aliphatic rings. The van der Waals surface area contributed by atoms with Gasteiger partial charge in [0, 0.05) is 38.0 Å². The molecule has 2 bridgehead atoms. The van der Waals surface area contributed by atoms with Crippen LogP contribution in [-0.2, 0) is 9.59 Å². The number of hydrogen-bond donors (Lipinski definition) is 0. The molecule has 2 aliphatic carbocycles. The van der Waals surface area contributed by atoms with Crippen LogP contribution in [-0.4, -0.2) is 59.3 Å². The van der Waals surface area contributed by atoms with Crippen molar-refractivity contribution in [1.29, 1.82) is 0 Å². The Hall–Kier alpha value is -0.710. The lowest BCUT2D eigenvalue weighted by molar-refractivity contribution is -0.152. The maximum atomic E-state index is 12.9. The number of thioether (sulfide) groups is 1. The SMILES string of the molecule is CC(C)CSCC(=O)N1CCCC2(C1)CN(C(=O)CC13CCC(CC1)C3)C2. The molecular weight excluding hydrogens is 356 g/mol. The highest BCUT2D eigenvalue weighted by molar-refractivity contribution is 7.99. The van der Waals surface area contributed by atoms with Gasteiger partial charge in [-0.3, -0.25) is 9.59 Å². The lowest BCUT2D eigenvalue weighted by atomic mass is 9.72. The van der Waals surface area contributed by atoms with E-state index < -0.39 is 0 Å². The minimum Gasteiger partial charge on any atom is -0.341 e. The fourth-order valence-electron chi connectivity index (χ4n) is 6.08. The highest BCUT2D eigenvalue weighted by Crippen LogP contribution is 2.56. The Balaban J connectivity index is 1.24. The maximum absolute atomic E-state index is 12.9. The molecule has 2 saturated heterocycles. The maximum Gasteiger partial charge on any atom is 0.232 e. The van der Waals surface area contributed by atoms with Crippen molar-refractivity contribution >= 4 is 23.6 Å². The van der Waals surface area contributed by atoms with Crippen LogP contribution in [0.5, 0.6) is 0 Å². The number of carbonyl (C=O) groups excluding carboxylic acids is 2. The molecule has 2 saturated carbocycles. The molecule has 0 aromatic rings. The molecule has 4 nitrogen and oxygen atoms in total. The fourth-order valence-corrected chi connectivity index (χ4v) is 7.03. The molecular formula is C22H36N2O2S. The standard InChI is InChI=1S/C22H36N2O2S/c1-17(2)12-27-13-20(26)23-9-3-6-22(14-23)15-24(16-22)19(25)11-21-7-4-18(10-21)5-8-21/h17-18H,3-16H2,1-2H3. The first kappa shape index (κ1) is 19.6. The second kappa shape index (κ2) is 7.61. The van der Waals surface area contributed by atoms with Crippen LogP contribution in [0.4, 0.5) is 0 Å². The Morgan fingerprint density at radius 2 is 1.74 bits per heavy atom. The molecule has 5 heteroatoms. The van der Waals surface area contributed by atoms with Crippen molar-refractivity contribution in [2.75, 3.05) is 37.7 Å². The predicted molar refractivity (Wildman–Crippen MR) is 111 cm³/mol. The van der Waals surface area contributed by atoms with E-state index in [-0.39, 0.29) is 5.41 Å². The summed E-state index contributed by atoms with van der Waals surface area (Å²) in [5.41, 5.74) is 0.546. The van der Waals surface area contributed by atoms with E-state index in [1.807, 2.05) is 0 Å². The van der Waals surface area contributed by atoms with E-state index in [1.54, 1.807) is 11.8 Å². The lowest BCUT2D eigenvalue weighted by Crippen LogP contribution is -2.65. The van der Waals surface area contributed by atoms with Crippen molar-refractivity contribution < 1.29 is 9.59 Å². The van der Waals surface area contributed by atoms with Crippen LogP contribution in [0, 0.1) is 22.7 Å². The van der Waals surface area contributed by atoms with E-state index in [2.05, 4.69) is 23.6 Å². The molecule has 0 N–H and O–H groups in total. The summed E-state index contributed by atoms with van der Waals surface area (Å²) in [5, 5.41) is 0. The molecule has 0 atom stereocenters. The average molecular weight is 393 g/mol. The Kier molecular flexibility index (Phi) is 5.52. The minimum atomic E-state index is 0.192. The Labute approximate surface area is 168 Å². The zero-order chi connectivity index (χ0) is 19.1. The first-order valence-electron chi connectivity index (χ1n) is 11.0. The van der Waals surface area contributed by atoms with Crippen molar-refractivity contribution in [2.24, 2.45) is 22.7 Å². The fraction of sp³-hybridized carbons (Fsp3) is 0.909. The van der Waals surface area contributed by atoms with Gasteiger partial charge in [-0.05, 0) is 67.9 Å². The van der Waals surface area contributed by atoms with Crippen molar-refractivity contribution in [1.82, 2.24) is 9.80 Å². The van der Waals surface area contributed by atoms with Crippen LogP contribution in [0.1, 0.15) is 65.2 Å². The number of rotatable bonds is 6. The molecule has 0 aromatic heterocycles. The highest BCUT2D eigenvalue weighted by Gasteiger charge is 2.51. The third kappa shape index (κ3) is 4.18. The van der Waals surface area contributed by atoms with Gasteiger partial charge in [-0.25, -0.2) is 0 Å². The van der Waals surface area contributed by atoms with Gasteiger partial charge in [-0.1, -0.05) is 13.8 Å². The summed E-state index contributed by atoms with van der Waals surface area (Å²) in [6.45, 7) is 7.93. The Bertz CT molecular complexity index is 577. The van der Waals surface area contributed by atoms with Gasteiger partial charge in [0.25, 0.3) is 0 Å². The van der Waals surface area contributed by atoms with Gasteiger partial charge in [0.1, 0.15) is 0 Å². The van der Waals surface area contributed by atoms with Gasteiger partial charge in [0.15, 0.2) is 0 Å². The molecule has 152 valence electrons. The van der Waals surface area contributed by atoms with Gasteiger partial charge in [0.2, 0.25) is 11.8 Å². The van der Waals surface area contributed by atoms with Crippen LogP contribution < -0.4 is 0 Å². The minimum absolute atomic E-state index is 0.192. The Morgan fingerprint density at radius 1 is 1.04 bits per heavy atom. The van der Waals surface area contributed by atoms with Crippen LogP contribution in [0.2, 0.25) is 0 Å². The summed E-state index contributed by atoms with van der Waals surface area (Å²) in [6, 6.07) is 0. The average Bonchev–Trinajstić information content (AvgIpc) is 3.19. The Morgan fingerprint density at radius 3 is 2.37 bits per heavy atom. The second-order valence-corrected chi connectivity index (χ2v) is 11.4. The molecule has 27 heavy (non-hydrogen) atoms.